The lowest BCUT2D eigenvalue weighted by molar-refractivity contribution is -0.144. The Hall–Kier alpha value is -2.23. The van der Waals surface area contributed by atoms with Crippen molar-refractivity contribution in [3.8, 4) is 11.5 Å². The van der Waals surface area contributed by atoms with Crippen molar-refractivity contribution in [3.05, 3.63) is 42.0 Å². The van der Waals surface area contributed by atoms with Crippen LogP contribution < -0.4 is 0 Å². The van der Waals surface area contributed by atoms with Gasteiger partial charge in [0.1, 0.15) is 6.10 Å². The zero-order valence-corrected chi connectivity index (χ0v) is 16.9. The summed E-state index contributed by atoms with van der Waals surface area (Å²) in [7, 11) is 0. The molecular weight excluding hydrogens is 352 g/mol. The molecule has 150 valence electrons. The van der Waals surface area contributed by atoms with Crippen LogP contribution in [0.2, 0.25) is 0 Å². The highest BCUT2D eigenvalue weighted by Crippen LogP contribution is 2.72. The second-order valence-electron chi connectivity index (χ2n) is 9.63. The summed E-state index contributed by atoms with van der Waals surface area (Å²) in [5, 5.41) is 19.0. The summed E-state index contributed by atoms with van der Waals surface area (Å²) in [6.07, 6.45) is 7.34. The third-order valence-electron chi connectivity index (χ3n) is 8.04. The molecule has 3 aliphatic rings. The molecule has 4 nitrogen and oxygen atoms in total. The monoisotopic (exact) mass is 382 g/mol. The summed E-state index contributed by atoms with van der Waals surface area (Å²) in [5.41, 5.74) is 2.18. The van der Waals surface area contributed by atoms with Gasteiger partial charge in [0.05, 0.1) is 0 Å². The molecule has 0 aliphatic heterocycles. The van der Waals surface area contributed by atoms with Crippen LogP contribution in [0.4, 0.5) is 0 Å². The first-order valence-electron chi connectivity index (χ1n) is 10.2. The van der Waals surface area contributed by atoms with Crippen LogP contribution in [-0.4, -0.2) is 22.3 Å². The van der Waals surface area contributed by atoms with Crippen LogP contribution in [0.1, 0.15) is 52.0 Å². The van der Waals surface area contributed by atoms with Crippen molar-refractivity contribution in [2.75, 3.05) is 0 Å². The summed E-state index contributed by atoms with van der Waals surface area (Å²) >= 11 is 0. The quantitative estimate of drug-likeness (QED) is 0.332. The second-order valence-corrected chi connectivity index (χ2v) is 9.63. The second kappa shape index (κ2) is 6.40. The number of carbonyl (C=O) groups excluding carboxylic acids is 1. The van der Waals surface area contributed by atoms with Gasteiger partial charge in [-0.2, -0.15) is 0 Å². The number of rotatable bonds is 3. The van der Waals surface area contributed by atoms with Gasteiger partial charge in [-0.15, -0.1) is 0 Å². The maximum atomic E-state index is 12.5. The maximum Gasteiger partial charge on any atom is 0.331 e. The van der Waals surface area contributed by atoms with Gasteiger partial charge in [0, 0.05) is 6.08 Å². The Morgan fingerprint density at radius 3 is 2.68 bits per heavy atom. The van der Waals surface area contributed by atoms with Crippen molar-refractivity contribution in [1.29, 1.82) is 0 Å². The van der Waals surface area contributed by atoms with Gasteiger partial charge in [0.15, 0.2) is 11.5 Å². The molecule has 3 unspecified atom stereocenters. The van der Waals surface area contributed by atoms with Gasteiger partial charge in [-0.3, -0.25) is 0 Å². The average Bonchev–Trinajstić information content (AvgIpc) is 3.04. The number of aromatic hydroxyl groups is 2. The molecule has 0 heterocycles. The zero-order chi connectivity index (χ0) is 20.3. The Morgan fingerprint density at radius 1 is 1.21 bits per heavy atom. The van der Waals surface area contributed by atoms with E-state index in [1.807, 2.05) is 0 Å². The SMILES string of the molecule is C=C1C(OC(=O)/C=C/c2ccc(O)c(O)c2)CC23CC1C(C)(C)[C@@H]2CC[C@H]3C. The molecule has 0 amide bonds. The summed E-state index contributed by atoms with van der Waals surface area (Å²) in [4.78, 5) is 12.5. The Balaban J connectivity index is 1.50. The zero-order valence-electron chi connectivity index (χ0n) is 16.9. The smallest absolute Gasteiger partial charge is 0.331 e. The standard InChI is InChI=1S/C24H30O4/c1-14-5-9-21-23(3,4)17-12-24(14,21)13-20(15(17)2)28-22(27)10-7-16-6-8-18(25)19(26)11-16/h6-8,10-11,14,17,20-21,25-26H,2,5,9,12-13H2,1,3-4H3/b10-7+/t14-,17?,20?,21+,24?/m1/s1. The number of hydrogen-bond acceptors (Lipinski definition) is 4. The van der Waals surface area contributed by atoms with Crippen molar-refractivity contribution in [2.45, 2.75) is 52.6 Å². The number of carbonyl (C=O) groups is 1. The molecule has 1 aromatic rings. The first-order valence-corrected chi connectivity index (χ1v) is 10.2. The average molecular weight is 383 g/mol. The first kappa shape index (κ1) is 19.1. The van der Waals surface area contributed by atoms with E-state index in [4.69, 9.17) is 4.74 Å². The van der Waals surface area contributed by atoms with Gasteiger partial charge >= 0.3 is 5.97 Å². The number of fused-ring (bicyclic) bond motifs is 1. The lowest BCUT2D eigenvalue weighted by atomic mass is 9.66. The molecule has 4 rings (SSSR count). The number of benzene rings is 1. The van der Waals surface area contributed by atoms with E-state index in [1.54, 1.807) is 12.1 Å². The number of ether oxygens (including phenoxy) is 1. The van der Waals surface area contributed by atoms with Crippen molar-refractivity contribution < 1.29 is 19.7 Å². The molecular formula is C24H30O4. The lowest BCUT2D eigenvalue weighted by Crippen LogP contribution is -2.38. The number of hydrogen-bond donors (Lipinski definition) is 2. The van der Waals surface area contributed by atoms with Gasteiger partial charge in [-0.05, 0) is 83.6 Å². The fourth-order valence-electron chi connectivity index (χ4n) is 6.52. The van der Waals surface area contributed by atoms with Gasteiger partial charge in [0.25, 0.3) is 0 Å². The van der Waals surface area contributed by atoms with E-state index in [-0.39, 0.29) is 28.4 Å². The molecule has 0 radical (unpaired) electrons. The predicted octanol–water partition coefficient (Wildman–Crippen LogP) is 5.06. The van der Waals surface area contributed by atoms with Crippen LogP contribution in [0.3, 0.4) is 0 Å². The molecule has 0 aromatic heterocycles. The molecule has 3 aliphatic carbocycles. The third-order valence-corrected chi connectivity index (χ3v) is 8.04. The van der Waals surface area contributed by atoms with Crippen molar-refractivity contribution in [2.24, 2.45) is 28.6 Å². The maximum absolute atomic E-state index is 12.5. The highest BCUT2D eigenvalue weighted by atomic mass is 16.5. The molecule has 0 saturated heterocycles. The largest absolute Gasteiger partial charge is 0.504 e. The minimum atomic E-state index is -0.392. The van der Waals surface area contributed by atoms with Gasteiger partial charge in [-0.25, -0.2) is 4.79 Å². The van der Waals surface area contributed by atoms with Crippen LogP contribution in [0.5, 0.6) is 11.5 Å². The van der Waals surface area contributed by atoms with Crippen molar-refractivity contribution >= 4 is 12.0 Å². The summed E-state index contributed by atoms with van der Waals surface area (Å²) in [5.74, 6) is 0.954. The van der Waals surface area contributed by atoms with E-state index in [1.165, 1.54) is 37.5 Å². The molecule has 2 bridgehead atoms. The van der Waals surface area contributed by atoms with Crippen LogP contribution in [-0.2, 0) is 9.53 Å². The van der Waals surface area contributed by atoms with E-state index < -0.39 is 5.97 Å². The fourth-order valence-corrected chi connectivity index (χ4v) is 6.52. The van der Waals surface area contributed by atoms with Crippen LogP contribution >= 0.6 is 0 Å². The molecule has 3 saturated carbocycles. The Labute approximate surface area is 166 Å². The van der Waals surface area contributed by atoms with E-state index in [2.05, 4.69) is 27.4 Å². The predicted molar refractivity (Wildman–Crippen MR) is 109 cm³/mol. The highest BCUT2D eigenvalue weighted by Gasteiger charge is 2.66. The topological polar surface area (TPSA) is 66.8 Å². The van der Waals surface area contributed by atoms with E-state index >= 15 is 0 Å². The van der Waals surface area contributed by atoms with Gasteiger partial charge in [0.2, 0.25) is 0 Å². The Bertz CT molecular complexity index is 852. The van der Waals surface area contributed by atoms with Gasteiger partial charge in [-0.1, -0.05) is 33.4 Å². The van der Waals surface area contributed by atoms with Crippen molar-refractivity contribution in [1.82, 2.24) is 0 Å². The molecule has 1 aromatic carbocycles. The fraction of sp³-hybridized carbons (Fsp3) is 0.542. The third kappa shape index (κ3) is 2.76. The first-order chi connectivity index (χ1) is 13.1. The van der Waals surface area contributed by atoms with Crippen LogP contribution in [0.25, 0.3) is 6.08 Å². The number of phenolic OH excluding ortho intramolecular Hbond substituents is 2. The summed E-state index contributed by atoms with van der Waals surface area (Å²) in [6.45, 7) is 11.5. The van der Waals surface area contributed by atoms with Crippen LogP contribution in [0.15, 0.2) is 36.4 Å². The normalized spacial score (nSPS) is 35.9. The van der Waals surface area contributed by atoms with Gasteiger partial charge < -0.3 is 14.9 Å². The summed E-state index contributed by atoms with van der Waals surface area (Å²) in [6, 6.07) is 4.43. The van der Waals surface area contributed by atoms with E-state index in [9.17, 15) is 15.0 Å². The highest BCUT2D eigenvalue weighted by molar-refractivity contribution is 5.87. The minimum Gasteiger partial charge on any atom is -0.504 e. The molecule has 5 atom stereocenters. The van der Waals surface area contributed by atoms with E-state index in [0.717, 1.165) is 12.0 Å². The Morgan fingerprint density at radius 2 is 1.96 bits per heavy atom. The minimum absolute atomic E-state index is 0.184. The molecule has 28 heavy (non-hydrogen) atoms. The van der Waals surface area contributed by atoms with Crippen molar-refractivity contribution in [3.63, 3.8) is 0 Å². The number of phenols is 2. The molecule has 4 heteroatoms. The summed E-state index contributed by atoms with van der Waals surface area (Å²) < 4.78 is 5.87. The van der Waals surface area contributed by atoms with E-state index in [0.29, 0.717) is 23.3 Å². The lowest BCUT2D eigenvalue weighted by Gasteiger charge is -2.41. The number of esters is 1. The molecule has 2 N–H and O–H groups in total. The van der Waals surface area contributed by atoms with Crippen LogP contribution in [0, 0.1) is 28.6 Å². The molecule has 3 fully saturated rings. The Kier molecular flexibility index (Phi) is 4.36. The molecule has 1 spiro atoms.